The van der Waals surface area contributed by atoms with Gasteiger partial charge in [-0.25, -0.2) is 13.1 Å². The molecule has 0 aliphatic heterocycles. The first-order valence-corrected chi connectivity index (χ1v) is 8.82. The molecule has 2 rings (SSSR count). The highest BCUT2D eigenvalue weighted by atomic mass is 32.2. The summed E-state index contributed by atoms with van der Waals surface area (Å²) in [5.41, 5.74) is 1.72. The molecule has 0 saturated heterocycles. The zero-order valence-electron chi connectivity index (χ0n) is 12.8. The van der Waals surface area contributed by atoms with Gasteiger partial charge in [-0.1, -0.05) is 32.8 Å². The van der Waals surface area contributed by atoms with Crippen LogP contribution in [0.2, 0.25) is 0 Å². The van der Waals surface area contributed by atoms with E-state index in [0.29, 0.717) is 22.7 Å². The van der Waals surface area contributed by atoms with Gasteiger partial charge in [-0.15, -0.1) is 0 Å². The van der Waals surface area contributed by atoms with Gasteiger partial charge in [-0.05, 0) is 36.6 Å². The number of aryl methyl sites for hydroxylation is 1. The second-order valence-corrected chi connectivity index (χ2v) is 7.05. The largest absolute Gasteiger partial charge is 0.256 e. The second kappa shape index (κ2) is 6.54. The molecule has 0 radical (unpaired) electrons. The number of aromatic nitrogens is 1. The Hall–Kier alpha value is -1.46. The van der Waals surface area contributed by atoms with Crippen LogP contribution in [0.15, 0.2) is 35.4 Å². The third kappa shape index (κ3) is 3.41. The molecular weight excluding hydrogens is 284 g/mol. The standard InChI is InChI=1S/C16H22N2O2S/c1-4-13(5-2)11-18-21(19,20)15-9-8-12(3)16-14(15)7-6-10-17-16/h6-10,13,18H,4-5,11H2,1-3H3. The maximum Gasteiger partial charge on any atom is 0.241 e. The van der Waals surface area contributed by atoms with Gasteiger partial charge in [0.15, 0.2) is 0 Å². The summed E-state index contributed by atoms with van der Waals surface area (Å²) < 4.78 is 27.8. The summed E-state index contributed by atoms with van der Waals surface area (Å²) >= 11 is 0. The molecular formula is C16H22N2O2S. The van der Waals surface area contributed by atoms with Crippen molar-refractivity contribution in [1.29, 1.82) is 0 Å². The van der Waals surface area contributed by atoms with Gasteiger partial charge >= 0.3 is 0 Å². The van der Waals surface area contributed by atoms with Crippen LogP contribution in [0.1, 0.15) is 32.3 Å². The Labute approximate surface area is 126 Å². The van der Waals surface area contributed by atoms with Crippen LogP contribution >= 0.6 is 0 Å². The second-order valence-electron chi connectivity index (χ2n) is 5.31. The quantitative estimate of drug-likeness (QED) is 0.891. The van der Waals surface area contributed by atoms with Gasteiger partial charge in [0.1, 0.15) is 0 Å². The van der Waals surface area contributed by atoms with Crippen molar-refractivity contribution in [1.82, 2.24) is 9.71 Å². The lowest BCUT2D eigenvalue weighted by Gasteiger charge is -2.15. The molecule has 1 heterocycles. The van der Waals surface area contributed by atoms with Crippen LogP contribution in [0.3, 0.4) is 0 Å². The molecule has 0 bridgehead atoms. The predicted molar refractivity (Wildman–Crippen MR) is 85.7 cm³/mol. The van der Waals surface area contributed by atoms with Crippen LogP contribution in [0.4, 0.5) is 0 Å². The molecule has 0 fully saturated rings. The van der Waals surface area contributed by atoms with E-state index in [1.807, 2.05) is 6.92 Å². The van der Waals surface area contributed by atoms with E-state index in [4.69, 9.17) is 0 Å². The summed E-state index contributed by atoms with van der Waals surface area (Å²) in [5, 5.41) is 0.676. The van der Waals surface area contributed by atoms with Gasteiger partial charge in [-0.3, -0.25) is 4.98 Å². The third-order valence-electron chi connectivity index (χ3n) is 3.94. The molecule has 0 saturated carbocycles. The minimum atomic E-state index is -3.51. The van der Waals surface area contributed by atoms with Gasteiger partial charge in [0.2, 0.25) is 10.0 Å². The molecule has 0 aliphatic carbocycles. The molecule has 1 aromatic carbocycles. The number of nitrogens with zero attached hydrogens (tertiary/aromatic N) is 1. The summed E-state index contributed by atoms with van der Waals surface area (Å²) in [7, 11) is -3.51. The summed E-state index contributed by atoms with van der Waals surface area (Å²) in [6.45, 7) is 6.57. The summed E-state index contributed by atoms with van der Waals surface area (Å²) in [4.78, 5) is 4.60. The molecule has 4 nitrogen and oxygen atoms in total. The maximum absolute atomic E-state index is 12.6. The van der Waals surface area contributed by atoms with Crippen molar-refractivity contribution in [2.75, 3.05) is 6.54 Å². The van der Waals surface area contributed by atoms with Gasteiger partial charge in [0.25, 0.3) is 0 Å². The van der Waals surface area contributed by atoms with Gasteiger partial charge in [0.05, 0.1) is 10.4 Å². The first-order chi connectivity index (χ1) is 9.99. The van der Waals surface area contributed by atoms with E-state index >= 15 is 0 Å². The fourth-order valence-corrected chi connectivity index (χ4v) is 3.72. The zero-order chi connectivity index (χ0) is 15.5. The smallest absolute Gasteiger partial charge is 0.241 e. The zero-order valence-corrected chi connectivity index (χ0v) is 13.6. The van der Waals surface area contributed by atoms with E-state index < -0.39 is 10.0 Å². The van der Waals surface area contributed by atoms with Crippen molar-refractivity contribution in [3.8, 4) is 0 Å². The van der Waals surface area contributed by atoms with Gasteiger partial charge in [-0.2, -0.15) is 0 Å². The normalized spacial score (nSPS) is 12.2. The minimum absolute atomic E-state index is 0.308. The van der Waals surface area contributed by atoms with Gasteiger partial charge < -0.3 is 0 Å². The molecule has 1 N–H and O–H groups in total. The van der Waals surface area contributed by atoms with Crippen molar-refractivity contribution in [3.63, 3.8) is 0 Å². The van der Waals surface area contributed by atoms with Gasteiger partial charge in [0, 0.05) is 18.1 Å². The number of nitrogens with one attached hydrogen (secondary N) is 1. The van der Waals surface area contributed by atoms with Crippen LogP contribution in [0.25, 0.3) is 10.9 Å². The summed E-state index contributed by atoms with van der Waals surface area (Å²) in [5.74, 6) is 0.370. The first kappa shape index (κ1) is 15.9. The fourth-order valence-electron chi connectivity index (χ4n) is 2.40. The predicted octanol–water partition coefficient (Wildman–Crippen LogP) is 3.26. The average Bonchev–Trinajstić information content (AvgIpc) is 2.48. The van der Waals surface area contributed by atoms with Crippen molar-refractivity contribution in [2.24, 2.45) is 5.92 Å². The summed E-state index contributed by atoms with van der Waals surface area (Å²) in [6, 6.07) is 7.04. The molecule has 1 aromatic heterocycles. The molecule has 2 aromatic rings. The maximum atomic E-state index is 12.6. The Morgan fingerprint density at radius 1 is 1.19 bits per heavy atom. The Bertz CT molecular complexity index is 722. The van der Waals surface area contributed by atoms with E-state index in [0.717, 1.165) is 23.9 Å². The fraction of sp³-hybridized carbons (Fsp3) is 0.438. The molecule has 0 unspecified atom stereocenters. The number of hydrogen-bond acceptors (Lipinski definition) is 3. The molecule has 0 atom stereocenters. The minimum Gasteiger partial charge on any atom is -0.256 e. The van der Waals surface area contributed by atoms with Crippen LogP contribution < -0.4 is 4.72 Å². The molecule has 114 valence electrons. The van der Waals surface area contributed by atoms with Crippen LogP contribution in [0.5, 0.6) is 0 Å². The lowest BCUT2D eigenvalue weighted by atomic mass is 10.0. The molecule has 5 heteroatoms. The number of fused-ring (bicyclic) bond motifs is 1. The van der Waals surface area contributed by atoms with Crippen LogP contribution in [-0.2, 0) is 10.0 Å². The highest BCUT2D eigenvalue weighted by Gasteiger charge is 2.19. The highest BCUT2D eigenvalue weighted by Crippen LogP contribution is 2.24. The molecule has 0 spiro atoms. The number of sulfonamides is 1. The number of pyridine rings is 1. The molecule has 0 aliphatic rings. The molecule has 21 heavy (non-hydrogen) atoms. The van der Waals surface area contributed by atoms with Crippen LogP contribution in [0, 0.1) is 12.8 Å². The summed E-state index contributed by atoms with van der Waals surface area (Å²) in [6.07, 6.45) is 3.62. The number of hydrogen-bond donors (Lipinski definition) is 1. The lowest BCUT2D eigenvalue weighted by molar-refractivity contribution is 0.479. The SMILES string of the molecule is CCC(CC)CNS(=O)(=O)c1ccc(C)c2ncccc12. The monoisotopic (exact) mass is 306 g/mol. The van der Waals surface area contributed by atoms with E-state index in [1.54, 1.807) is 30.5 Å². The van der Waals surface area contributed by atoms with Crippen molar-refractivity contribution < 1.29 is 8.42 Å². The number of benzene rings is 1. The van der Waals surface area contributed by atoms with Crippen LogP contribution in [-0.4, -0.2) is 19.9 Å². The van der Waals surface area contributed by atoms with Crippen molar-refractivity contribution >= 4 is 20.9 Å². The Balaban J connectivity index is 2.39. The van der Waals surface area contributed by atoms with Crippen molar-refractivity contribution in [2.45, 2.75) is 38.5 Å². The van der Waals surface area contributed by atoms with E-state index in [-0.39, 0.29) is 0 Å². The Kier molecular flexibility index (Phi) is 4.96. The van der Waals surface area contributed by atoms with E-state index in [9.17, 15) is 8.42 Å². The average molecular weight is 306 g/mol. The topological polar surface area (TPSA) is 59.1 Å². The lowest BCUT2D eigenvalue weighted by Crippen LogP contribution is -2.29. The molecule has 0 amide bonds. The van der Waals surface area contributed by atoms with Crippen molar-refractivity contribution in [3.05, 3.63) is 36.0 Å². The highest BCUT2D eigenvalue weighted by molar-refractivity contribution is 7.89. The Morgan fingerprint density at radius 2 is 1.90 bits per heavy atom. The first-order valence-electron chi connectivity index (χ1n) is 7.33. The third-order valence-corrected chi connectivity index (χ3v) is 5.42. The number of rotatable bonds is 6. The van der Waals surface area contributed by atoms with E-state index in [2.05, 4.69) is 23.6 Å². The van der Waals surface area contributed by atoms with E-state index in [1.165, 1.54) is 0 Å². The Morgan fingerprint density at radius 3 is 2.57 bits per heavy atom.